The van der Waals surface area contributed by atoms with Crippen LogP contribution in [0.4, 0.5) is 10.1 Å². The van der Waals surface area contributed by atoms with Crippen LogP contribution in [-0.2, 0) is 26.2 Å². The summed E-state index contributed by atoms with van der Waals surface area (Å²) in [5.41, 5.74) is 0.168. The number of sulfonamides is 1. The van der Waals surface area contributed by atoms with Crippen molar-refractivity contribution in [1.29, 1.82) is 0 Å². The first-order valence-electron chi connectivity index (χ1n) is 11.2. The fourth-order valence-corrected chi connectivity index (χ4v) is 4.28. The maximum Gasteiger partial charge on any atom is 0.244 e. The normalized spacial score (nSPS) is 12.4. The van der Waals surface area contributed by atoms with Crippen molar-refractivity contribution >= 4 is 27.5 Å². The Balaban J connectivity index is 2.47. The second-order valence-corrected chi connectivity index (χ2v) is 11.3. The molecule has 0 heterocycles. The van der Waals surface area contributed by atoms with E-state index < -0.39 is 45.8 Å². The van der Waals surface area contributed by atoms with Crippen LogP contribution in [-0.4, -0.2) is 63.7 Å². The van der Waals surface area contributed by atoms with Gasteiger partial charge in [0.2, 0.25) is 21.8 Å². The molecule has 2 aromatic carbocycles. The number of nitrogens with one attached hydrogen (secondary N) is 1. The van der Waals surface area contributed by atoms with E-state index in [0.717, 1.165) is 10.6 Å². The van der Waals surface area contributed by atoms with Gasteiger partial charge in [-0.1, -0.05) is 12.1 Å². The fraction of sp³-hybridized carbons (Fsp3) is 0.440. The molecule has 2 aromatic rings. The quantitative estimate of drug-likeness (QED) is 0.514. The zero-order valence-corrected chi connectivity index (χ0v) is 22.5. The molecule has 198 valence electrons. The average molecular weight is 524 g/mol. The summed E-state index contributed by atoms with van der Waals surface area (Å²) < 4.78 is 50.4. The van der Waals surface area contributed by atoms with Crippen LogP contribution in [0.3, 0.4) is 0 Å². The summed E-state index contributed by atoms with van der Waals surface area (Å²) in [5.74, 6) is -0.841. The highest BCUT2D eigenvalue weighted by molar-refractivity contribution is 7.92. The molecule has 36 heavy (non-hydrogen) atoms. The number of hydrogen-bond acceptors (Lipinski definition) is 6. The summed E-state index contributed by atoms with van der Waals surface area (Å²) in [6.07, 6.45) is 0.976. The molecule has 1 atom stereocenters. The monoisotopic (exact) mass is 523 g/mol. The summed E-state index contributed by atoms with van der Waals surface area (Å²) >= 11 is 0. The molecule has 2 rings (SSSR count). The van der Waals surface area contributed by atoms with Crippen LogP contribution in [0.5, 0.6) is 11.5 Å². The zero-order chi connectivity index (χ0) is 27.3. The molecule has 0 aliphatic rings. The highest BCUT2D eigenvalue weighted by Crippen LogP contribution is 2.33. The summed E-state index contributed by atoms with van der Waals surface area (Å²) in [7, 11) is -1.10. The molecule has 0 spiro atoms. The number of anilines is 1. The Kier molecular flexibility index (Phi) is 9.31. The van der Waals surface area contributed by atoms with Crippen LogP contribution in [0, 0.1) is 5.82 Å². The minimum atomic E-state index is -3.94. The summed E-state index contributed by atoms with van der Waals surface area (Å²) in [6.45, 7) is 6.37. The van der Waals surface area contributed by atoms with E-state index in [4.69, 9.17) is 9.47 Å². The highest BCUT2D eigenvalue weighted by Gasteiger charge is 2.32. The second kappa shape index (κ2) is 11.6. The van der Waals surface area contributed by atoms with Gasteiger partial charge in [0.25, 0.3) is 0 Å². The lowest BCUT2D eigenvalue weighted by Gasteiger charge is -2.33. The Morgan fingerprint density at radius 3 is 2.17 bits per heavy atom. The van der Waals surface area contributed by atoms with E-state index in [9.17, 15) is 22.4 Å². The highest BCUT2D eigenvalue weighted by atomic mass is 32.2. The van der Waals surface area contributed by atoms with Gasteiger partial charge < -0.3 is 19.7 Å². The lowest BCUT2D eigenvalue weighted by Crippen LogP contribution is -2.54. The molecule has 0 saturated heterocycles. The Labute approximate surface area is 212 Å². The molecule has 11 heteroatoms. The van der Waals surface area contributed by atoms with E-state index in [2.05, 4.69) is 5.32 Å². The molecule has 0 saturated carbocycles. The number of hydrogen-bond donors (Lipinski definition) is 1. The summed E-state index contributed by atoms with van der Waals surface area (Å²) in [4.78, 5) is 27.8. The molecule has 0 radical (unpaired) electrons. The van der Waals surface area contributed by atoms with Gasteiger partial charge >= 0.3 is 0 Å². The Morgan fingerprint density at radius 1 is 1.06 bits per heavy atom. The number of carbonyl (C=O) groups excluding carboxylic acids is 2. The van der Waals surface area contributed by atoms with E-state index in [1.807, 2.05) is 20.8 Å². The first-order valence-corrected chi connectivity index (χ1v) is 13.1. The van der Waals surface area contributed by atoms with Gasteiger partial charge in [-0.3, -0.25) is 13.9 Å². The van der Waals surface area contributed by atoms with Crippen molar-refractivity contribution in [2.45, 2.75) is 45.8 Å². The number of amides is 2. The number of nitrogens with zero attached hydrogens (tertiary/aromatic N) is 2. The Bertz CT molecular complexity index is 1180. The first-order chi connectivity index (χ1) is 16.7. The zero-order valence-electron chi connectivity index (χ0n) is 21.7. The first kappa shape index (κ1) is 28.9. The fourth-order valence-electron chi connectivity index (χ4n) is 3.43. The van der Waals surface area contributed by atoms with Crippen LogP contribution in [0.25, 0.3) is 0 Å². The minimum absolute atomic E-state index is 0.0325. The third-order valence-electron chi connectivity index (χ3n) is 5.27. The number of carbonyl (C=O) groups is 2. The number of halogens is 1. The molecule has 9 nitrogen and oxygen atoms in total. The van der Waals surface area contributed by atoms with E-state index in [-0.39, 0.29) is 18.0 Å². The van der Waals surface area contributed by atoms with Gasteiger partial charge in [0.15, 0.2) is 0 Å². The third kappa shape index (κ3) is 7.84. The maximum atomic E-state index is 13.6. The van der Waals surface area contributed by atoms with Gasteiger partial charge in [-0.05, 0) is 57.5 Å². The number of benzene rings is 2. The second-order valence-electron chi connectivity index (χ2n) is 9.37. The number of rotatable bonds is 10. The van der Waals surface area contributed by atoms with Crippen molar-refractivity contribution in [2.24, 2.45) is 0 Å². The minimum Gasteiger partial charge on any atom is -0.497 e. The lowest BCUT2D eigenvalue weighted by molar-refractivity contribution is -0.140. The average Bonchev–Trinajstić information content (AvgIpc) is 2.79. The van der Waals surface area contributed by atoms with Gasteiger partial charge in [-0.2, -0.15) is 0 Å². The molecule has 0 aromatic heterocycles. The largest absolute Gasteiger partial charge is 0.497 e. The van der Waals surface area contributed by atoms with Crippen LogP contribution in [0.1, 0.15) is 33.3 Å². The lowest BCUT2D eigenvalue weighted by atomic mass is 10.1. The van der Waals surface area contributed by atoms with Crippen molar-refractivity contribution in [2.75, 3.05) is 31.3 Å². The smallest absolute Gasteiger partial charge is 0.244 e. The number of methoxy groups -OCH3 is 2. The van der Waals surface area contributed by atoms with E-state index in [1.54, 1.807) is 13.0 Å². The summed E-state index contributed by atoms with van der Waals surface area (Å²) in [6, 6.07) is 9.11. The van der Waals surface area contributed by atoms with Crippen LogP contribution >= 0.6 is 0 Å². The van der Waals surface area contributed by atoms with Crippen molar-refractivity contribution in [3.63, 3.8) is 0 Å². The molecule has 1 N–H and O–H groups in total. The maximum absolute atomic E-state index is 13.6. The topological polar surface area (TPSA) is 105 Å². The molecule has 2 amide bonds. The van der Waals surface area contributed by atoms with Crippen LogP contribution in [0.2, 0.25) is 0 Å². The van der Waals surface area contributed by atoms with E-state index in [1.165, 1.54) is 55.5 Å². The van der Waals surface area contributed by atoms with Gasteiger partial charge in [0, 0.05) is 18.2 Å². The van der Waals surface area contributed by atoms with Gasteiger partial charge in [-0.25, -0.2) is 12.8 Å². The van der Waals surface area contributed by atoms with Crippen molar-refractivity contribution < 1.29 is 31.9 Å². The van der Waals surface area contributed by atoms with Gasteiger partial charge in [0.1, 0.15) is 29.9 Å². The summed E-state index contributed by atoms with van der Waals surface area (Å²) in [5, 5.41) is 2.84. The van der Waals surface area contributed by atoms with E-state index in [0.29, 0.717) is 11.3 Å². The van der Waals surface area contributed by atoms with Crippen molar-refractivity contribution in [3.8, 4) is 11.5 Å². The molecular weight excluding hydrogens is 489 g/mol. The number of ether oxygens (including phenoxy) is 2. The van der Waals surface area contributed by atoms with Gasteiger partial charge in [-0.15, -0.1) is 0 Å². The molecule has 0 aliphatic carbocycles. The Hall–Kier alpha value is -3.34. The molecular formula is C25H34FN3O6S. The van der Waals surface area contributed by atoms with Crippen molar-refractivity contribution in [1.82, 2.24) is 10.2 Å². The predicted molar refractivity (Wildman–Crippen MR) is 136 cm³/mol. The SMILES string of the molecule is COc1ccc(N(CC(=O)N(Cc2ccc(F)cc2)[C@H](C)C(=O)NC(C)(C)C)S(C)(=O)=O)c(OC)c1. The predicted octanol–water partition coefficient (Wildman–Crippen LogP) is 2.94. The van der Waals surface area contributed by atoms with Gasteiger partial charge in [0.05, 0.1) is 26.2 Å². The Morgan fingerprint density at radius 2 is 1.67 bits per heavy atom. The standard InChI is InChI=1S/C25H34FN3O6S/c1-17(24(31)27-25(2,3)4)28(15-18-8-10-19(26)11-9-18)23(30)16-29(36(7,32)33)21-13-12-20(34-5)14-22(21)35-6/h8-14,17H,15-16H2,1-7H3,(H,27,31)/t17-/m1/s1. The van der Waals surface area contributed by atoms with Crippen LogP contribution in [0.15, 0.2) is 42.5 Å². The molecule has 0 fully saturated rings. The molecule has 0 bridgehead atoms. The van der Waals surface area contributed by atoms with Crippen LogP contribution < -0.4 is 19.1 Å². The third-order valence-corrected chi connectivity index (χ3v) is 6.39. The van der Waals surface area contributed by atoms with E-state index >= 15 is 0 Å². The molecule has 0 unspecified atom stereocenters. The van der Waals surface area contributed by atoms with Crippen molar-refractivity contribution in [3.05, 3.63) is 53.8 Å². The molecule has 0 aliphatic heterocycles.